The van der Waals surface area contributed by atoms with Gasteiger partial charge in [-0.25, -0.2) is 9.37 Å². The van der Waals surface area contributed by atoms with Crippen molar-refractivity contribution >= 4 is 28.9 Å². The third kappa shape index (κ3) is 4.23. The summed E-state index contributed by atoms with van der Waals surface area (Å²) in [5.41, 5.74) is 0.793. The molecule has 3 aromatic heterocycles. The summed E-state index contributed by atoms with van der Waals surface area (Å²) in [7, 11) is 3.45. The van der Waals surface area contributed by atoms with Gasteiger partial charge in [0.15, 0.2) is 5.65 Å². The van der Waals surface area contributed by atoms with Crippen molar-refractivity contribution in [3.8, 4) is 0 Å². The number of nitrogens with one attached hydrogen (secondary N) is 3. The number of hydrogen-bond acceptors (Lipinski definition) is 7. The molecule has 2 atom stereocenters. The Morgan fingerprint density at radius 3 is 2.71 bits per heavy atom. The monoisotopic (exact) mass is 469 g/mol. The fraction of sp³-hybridized carbons (Fsp3) is 0.478. The summed E-state index contributed by atoms with van der Waals surface area (Å²) in [6, 6.07) is 4.92. The fourth-order valence-corrected chi connectivity index (χ4v) is 4.51. The number of nitrogens with zero attached hydrogens (tertiary/aromatic N) is 4. The molecule has 34 heavy (non-hydrogen) atoms. The van der Waals surface area contributed by atoms with Crippen LogP contribution in [-0.4, -0.2) is 57.5 Å². The maximum absolute atomic E-state index is 13.2. The normalized spacial score (nSPS) is 24.1. The second-order valence-corrected chi connectivity index (χ2v) is 8.83. The molecule has 1 amide bonds. The van der Waals surface area contributed by atoms with E-state index in [0.29, 0.717) is 29.4 Å². The number of fused-ring (bicyclic) bond motifs is 1. The molecule has 0 spiro atoms. The van der Waals surface area contributed by atoms with Gasteiger partial charge in [0.1, 0.15) is 29.1 Å². The van der Waals surface area contributed by atoms with Gasteiger partial charge in [-0.3, -0.25) is 9.59 Å². The Kier molecular flexibility index (Phi) is 5.94. The van der Waals surface area contributed by atoms with E-state index in [4.69, 9.17) is 4.74 Å². The number of methoxy groups -OCH3 is 1. The van der Waals surface area contributed by atoms with E-state index >= 15 is 0 Å². The van der Waals surface area contributed by atoms with Crippen LogP contribution in [0.2, 0.25) is 0 Å². The maximum Gasteiger partial charge on any atom is 0.274 e. The van der Waals surface area contributed by atoms with Gasteiger partial charge in [0, 0.05) is 38.9 Å². The third-order valence-electron chi connectivity index (χ3n) is 6.61. The van der Waals surface area contributed by atoms with Gasteiger partial charge in [-0.05, 0) is 37.8 Å². The van der Waals surface area contributed by atoms with Crippen LogP contribution in [0.5, 0.6) is 0 Å². The van der Waals surface area contributed by atoms with Crippen molar-refractivity contribution in [2.75, 3.05) is 24.8 Å². The van der Waals surface area contributed by atoms with Gasteiger partial charge in [0.05, 0.1) is 18.3 Å². The van der Waals surface area contributed by atoms with Gasteiger partial charge in [-0.15, -0.1) is 0 Å². The van der Waals surface area contributed by atoms with Gasteiger partial charge in [0.2, 0.25) is 0 Å². The quantitative estimate of drug-likeness (QED) is 0.487. The number of alkyl halides is 1. The Bertz CT molecular complexity index is 1270. The van der Waals surface area contributed by atoms with Crippen molar-refractivity contribution in [1.29, 1.82) is 0 Å². The van der Waals surface area contributed by atoms with Gasteiger partial charge in [0.25, 0.3) is 11.5 Å². The molecular weight excluding hydrogens is 441 g/mol. The largest absolute Gasteiger partial charge is 0.381 e. The zero-order chi connectivity index (χ0) is 23.8. The smallest absolute Gasteiger partial charge is 0.274 e. The molecule has 5 rings (SSSR count). The molecule has 2 aliphatic carbocycles. The van der Waals surface area contributed by atoms with E-state index in [9.17, 15) is 14.0 Å². The number of aromatic nitrogens is 4. The Balaban J connectivity index is 1.43. The van der Waals surface area contributed by atoms with E-state index in [1.54, 1.807) is 30.9 Å². The lowest BCUT2D eigenvalue weighted by molar-refractivity contribution is 0.0580. The molecule has 0 radical (unpaired) electrons. The Labute approximate surface area is 195 Å². The van der Waals surface area contributed by atoms with Crippen LogP contribution >= 0.6 is 0 Å². The van der Waals surface area contributed by atoms with Crippen LogP contribution in [0.4, 0.5) is 21.7 Å². The number of rotatable bonds is 7. The first-order chi connectivity index (χ1) is 16.5. The van der Waals surface area contributed by atoms with Crippen LogP contribution in [-0.2, 0) is 4.74 Å². The molecule has 0 aromatic carbocycles. The molecule has 0 bridgehead atoms. The molecule has 2 saturated carbocycles. The number of halogens is 1. The Morgan fingerprint density at radius 1 is 1.26 bits per heavy atom. The van der Waals surface area contributed by atoms with Gasteiger partial charge in [-0.1, -0.05) is 0 Å². The lowest BCUT2D eigenvalue weighted by Gasteiger charge is -2.29. The molecule has 3 aromatic rings. The molecule has 3 heterocycles. The van der Waals surface area contributed by atoms with Gasteiger partial charge in [-0.2, -0.15) is 9.61 Å². The number of carbonyl (C=O) groups excluding carboxylic acids is 1. The van der Waals surface area contributed by atoms with E-state index in [2.05, 4.69) is 26.0 Å². The topological polar surface area (TPSA) is 115 Å². The Morgan fingerprint density at radius 2 is 2.03 bits per heavy atom. The average molecular weight is 470 g/mol. The first kappa shape index (κ1) is 22.3. The summed E-state index contributed by atoms with van der Waals surface area (Å²) in [6.07, 6.45) is 6.39. The minimum Gasteiger partial charge on any atom is -0.381 e. The van der Waals surface area contributed by atoms with E-state index in [0.717, 1.165) is 25.7 Å². The Hall–Kier alpha value is -3.47. The van der Waals surface area contributed by atoms with Crippen molar-refractivity contribution in [3.05, 3.63) is 46.5 Å². The van der Waals surface area contributed by atoms with Crippen LogP contribution in [0.3, 0.4) is 0 Å². The van der Waals surface area contributed by atoms with Crippen LogP contribution in [0.1, 0.15) is 48.5 Å². The number of pyridine rings is 1. The number of anilines is 3. The zero-order valence-corrected chi connectivity index (χ0v) is 19.1. The number of amides is 1. The van der Waals surface area contributed by atoms with Crippen molar-refractivity contribution < 1.29 is 13.9 Å². The van der Waals surface area contributed by atoms with Crippen molar-refractivity contribution in [2.45, 2.75) is 56.5 Å². The fourth-order valence-electron chi connectivity index (χ4n) is 4.51. The lowest BCUT2D eigenvalue weighted by Crippen LogP contribution is -2.30. The van der Waals surface area contributed by atoms with E-state index in [1.165, 1.54) is 10.7 Å². The van der Waals surface area contributed by atoms with Crippen LogP contribution in [0.25, 0.3) is 5.65 Å². The van der Waals surface area contributed by atoms with Crippen LogP contribution < -0.4 is 21.5 Å². The predicted molar refractivity (Wildman–Crippen MR) is 126 cm³/mol. The predicted octanol–water partition coefficient (Wildman–Crippen LogP) is 2.65. The van der Waals surface area contributed by atoms with Crippen LogP contribution in [0.15, 0.2) is 35.4 Å². The number of carbonyl (C=O) groups is 1. The molecule has 0 aliphatic heterocycles. The molecule has 2 fully saturated rings. The number of hydrogen-bond donors (Lipinski definition) is 3. The zero-order valence-electron chi connectivity index (χ0n) is 19.1. The first-order valence-corrected chi connectivity index (χ1v) is 11.5. The molecule has 11 heteroatoms. The minimum atomic E-state index is -1.01. The summed E-state index contributed by atoms with van der Waals surface area (Å²) >= 11 is 0. The standard InChI is InChI=1S/C23H28FN7O3/c1-25-20-11-19(29-21-15(12-26-31(20)21)22(32)28-18-10-16(18)24)27-17-4-3-9-30(23(17)33)13-5-7-14(34-2)8-6-13/h3-4,9,11-14,16,18,25H,5-8,10H2,1-2H3,(H,27,29)(H,28,32)/t13?,14?,16-,18+/m1/s1. The lowest BCUT2D eigenvalue weighted by atomic mass is 9.92. The van der Waals surface area contributed by atoms with Crippen molar-refractivity contribution in [2.24, 2.45) is 0 Å². The highest BCUT2D eigenvalue weighted by atomic mass is 19.1. The molecule has 2 aliphatic rings. The van der Waals surface area contributed by atoms with Crippen molar-refractivity contribution in [3.63, 3.8) is 0 Å². The first-order valence-electron chi connectivity index (χ1n) is 11.5. The minimum absolute atomic E-state index is 0.121. The molecule has 180 valence electrons. The van der Waals surface area contributed by atoms with Crippen LogP contribution in [0, 0.1) is 0 Å². The highest BCUT2D eigenvalue weighted by molar-refractivity contribution is 6.00. The summed E-state index contributed by atoms with van der Waals surface area (Å²) in [4.78, 5) is 30.4. The maximum atomic E-state index is 13.2. The number of ether oxygens (including phenoxy) is 1. The second-order valence-electron chi connectivity index (χ2n) is 8.83. The highest BCUT2D eigenvalue weighted by Crippen LogP contribution is 2.29. The SMILES string of the molecule is CNc1cc(Nc2cccn(C3CCC(OC)CC3)c2=O)nc2c(C(=O)N[C@H]3C[C@H]3F)cnn12. The van der Waals surface area contributed by atoms with Gasteiger partial charge >= 0.3 is 0 Å². The van der Waals surface area contributed by atoms with Crippen molar-refractivity contribution in [1.82, 2.24) is 24.5 Å². The molecule has 10 nitrogen and oxygen atoms in total. The van der Waals surface area contributed by atoms with E-state index < -0.39 is 18.1 Å². The second kappa shape index (κ2) is 9.05. The molecular formula is C23H28FN7O3. The van der Waals surface area contributed by atoms with E-state index in [1.807, 2.05) is 12.3 Å². The highest BCUT2D eigenvalue weighted by Gasteiger charge is 2.39. The van der Waals surface area contributed by atoms with Gasteiger partial charge < -0.3 is 25.3 Å². The average Bonchev–Trinajstić information content (AvgIpc) is 3.36. The summed E-state index contributed by atoms with van der Waals surface area (Å²) in [5, 5.41) is 13.0. The summed E-state index contributed by atoms with van der Waals surface area (Å²) in [5.74, 6) is 0.537. The molecule has 0 saturated heterocycles. The molecule has 0 unspecified atom stereocenters. The summed E-state index contributed by atoms with van der Waals surface area (Å²) < 4.78 is 22.0. The van der Waals surface area contributed by atoms with E-state index in [-0.39, 0.29) is 23.3 Å². The third-order valence-corrected chi connectivity index (χ3v) is 6.61. The molecule has 3 N–H and O–H groups in total. The summed E-state index contributed by atoms with van der Waals surface area (Å²) in [6.45, 7) is 0.